The molecule has 4 aromatic rings. The standard InChI is InChI=1S/C25H28N6O4/c1-25(2,3)17-7-9-18(10-8-17)35-16-31-12-11-20(28-31)23(32)27-21-15-30(4)29-22(21)24(33)26-14-19-6-5-13-34-19/h5-13,15H,14,16H2,1-4H3,(H,26,33)(H,27,32). The van der Waals surface area contributed by atoms with Gasteiger partial charge in [0.1, 0.15) is 11.5 Å². The lowest BCUT2D eigenvalue weighted by Gasteiger charge is -2.19. The van der Waals surface area contributed by atoms with Crippen LogP contribution in [0.25, 0.3) is 0 Å². The largest absolute Gasteiger partial charge is 0.471 e. The molecule has 0 unspecified atom stereocenters. The molecule has 10 heteroatoms. The van der Waals surface area contributed by atoms with Crippen molar-refractivity contribution in [2.24, 2.45) is 7.05 Å². The van der Waals surface area contributed by atoms with E-state index in [1.54, 1.807) is 37.6 Å². The molecule has 35 heavy (non-hydrogen) atoms. The number of furan rings is 1. The molecular weight excluding hydrogens is 448 g/mol. The van der Waals surface area contributed by atoms with E-state index in [9.17, 15) is 9.59 Å². The first kappa shape index (κ1) is 23.8. The fourth-order valence-corrected chi connectivity index (χ4v) is 3.34. The van der Waals surface area contributed by atoms with Crippen molar-refractivity contribution in [3.05, 3.63) is 83.8 Å². The van der Waals surface area contributed by atoms with Crippen molar-refractivity contribution < 1.29 is 18.7 Å². The lowest BCUT2D eigenvalue weighted by molar-refractivity contribution is 0.0943. The van der Waals surface area contributed by atoms with Gasteiger partial charge in [-0.25, -0.2) is 4.68 Å². The Kier molecular flexibility index (Phi) is 6.72. The Morgan fingerprint density at radius 2 is 1.83 bits per heavy atom. The molecule has 0 aliphatic carbocycles. The van der Waals surface area contributed by atoms with Crippen molar-refractivity contribution in [2.45, 2.75) is 39.5 Å². The number of carbonyl (C=O) groups is 2. The summed E-state index contributed by atoms with van der Waals surface area (Å²) in [6.07, 6.45) is 4.74. The number of carbonyl (C=O) groups excluding carboxylic acids is 2. The van der Waals surface area contributed by atoms with Crippen LogP contribution in [0.2, 0.25) is 0 Å². The van der Waals surface area contributed by atoms with E-state index >= 15 is 0 Å². The number of rotatable bonds is 8. The Bertz CT molecular complexity index is 1300. The van der Waals surface area contributed by atoms with Crippen molar-refractivity contribution in [1.82, 2.24) is 24.9 Å². The molecule has 0 aliphatic heterocycles. The van der Waals surface area contributed by atoms with E-state index in [0.717, 1.165) is 0 Å². The van der Waals surface area contributed by atoms with Crippen molar-refractivity contribution in [2.75, 3.05) is 5.32 Å². The molecule has 0 fully saturated rings. The zero-order chi connectivity index (χ0) is 25.0. The Morgan fingerprint density at radius 1 is 1.06 bits per heavy atom. The molecule has 10 nitrogen and oxygen atoms in total. The molecule has 0 spiro atoms. The Hall–Kier alpha value is -4.34. The summed E-state index contributed by atoms with van der Waals surface area (Å²) in [5, 5.41) is 13.9. The van der Waals surface area contributed by atoms with E-state index in [1.165, 1.54) is 21.2 Å². The Balaban J connectivity index is 1.35. The van der Waals surface area contributed by atoms with Gasteiger partial charge < -0.3 is 19.8 Å². The van der Waals surface area contributed by atoms with Crippen LogP contribution in [-0.4, -0.2) is 31.4 Å². The first-order chi connectivity index (χ1) is 16.7. The maximum absolute atomic E-state index is 12.8. The third-order valence-electron chi connectivity index (χ3n) is 5.25. The second kappa shape index (κ2) is 9.88. The lowest BCUT2D eigenvalue weighted by atomic mass is 9.87. The van der Waals surface area contributed by atoms with E-state index in [-0.39, 0.29) is 35.8 Å². The average molecular weight is 477 g/mol. The van der Waals surface area contributed by atoms with E-state index in [2.05, 4.69) is 41.6 Å². The highest BCUT2D eigenvalue weighted by Gasteiger charge is 2.20. The van der Waals surface area contributed by atoms with E-state index in [4.69, 9.17) is 9.15 Å². The van der Waals surface area contributed by atoms with Crippen LogP contribution in [0, 0.1) is 0 Å². The molecule has 182 valence electrons. The van der Waals surface area contributed by atoms with Gasteiger partial charge in [0, 0.05) is 19.4 Å². The van der Waals surface area contributed by atoms with Crippen LogP contribution in [0.15, 0.2) is 65.5 Å². The third kappa shape index (κ3) is 5.97. The van der Waals surface area contributed by atoms with Gasteiger partial charge in [-0.05, 0) is 41.3 Å². The predicted molar refractivity (Wildman–Crippen MR) is 129 cm³/mol. The van der Waals surface area contributed by atoms with Gasteiger partial charge >= 0.3 is 0 Å². The molecule has 0 saturated carbocycles. The van der Waals surface area contributed by atoms with E-state index in [1.807, 2.05) is 24.3 Å². The number of amides is 2. The number of hydrogen-bond acceptors (Lipinski definition) is 6. The maximum atomic E-state index is 12.8. The van der Waals surface area contributed by atoms with Gasteiger partial charge in [0.15, 0.2) is 18.1 Å². The highest BCUT2D eigenvalue weighted by molar-refractivity contribution is 6.07. The molecule has 0 radical (unpaired) electrons. The van der Waals surface area contributed by atoms with Crippen molar-refractivity contribution in [3.63, 3.8) is 0 Å². The minimum absolute atomic E-state index is 0.0665. The van der Waals surface area contributed by atoms with Gasteiger partial charge in [-0.1, -0.05) is 32.9 Å². The number of nitrogens with one attached hydrogen (secondary N) is 2. The number of nitrogens with zero attached hydrogens (tertiary/aromatic N) is 4. The normalized spacial score (nSPS) is 11.3. The number of benzene rings is 1. The van der Waals surface area contributed by atoms with Crippen molar-refractivity contribution >= 4 is 17.5 Å². The third-order valence-corrected chi connectivity index (χ3v) is 5.25. The molecular formula is C25H28N6O4. The van der Waals surface area contributed by atoms with Gasteiger partial charge in [-0.3, -0.25) is 14.3 Å². The van der Waals surface area contributed by atoms with Gasteiger partial charge in [0.05, 0.1) is 18.5 Å². The van der Waals surface area contributed by atoms with Crippen molar-refractivity contribution in [3.8, 4) is 5.75 Å². The fraction of sp³-hybridized carbons (Fsp3) is 0.280. The summed E-state index contributed by atoms with van der Waals surface area (Å²) in [6, 6.07) is 13.0. The Morgan fingerprint density at radius 3 is 2.51 bits per heavy atom. The summed E-state index contributed by atoms with van der Waals surface area (Å²) in [6.45, 7) is 6.82. The van der Waals surface area contributed by atoms with Crippen LogP contribution in [0.3, 0.4) is 0 Å². The maximum Gasteiger partial charge on any atom is 0.276 e. The number of ether oxygens (including phenoxy) is 1. The lowest BCUT2D eigenvalue weighted by Crippen LogP contribution is -2.25. The summed E-state index contributed by atoms with van der Waals surface area (Å²) < 4.78 is 14.0. The number of hydrogen-bond donors (Lipinski definition) is 2. The highest BCUT2D eigenvalue weighted by atomic mass is 16.5. The number of aryl methyl sites for hydroxylation is 1. The summed E-state index contributed by atoms with van der Waals surface area (Å²) in [5.41, 5.74) is 1.83. The molecule has 0 aliphatic rings. The zero-order valence-electron chi connectivity index (χ0n) is 20.1. The second-order valence-electron chi connectivity index (χ2n) is 9.07. The topological polar surface area (TPSA) is 116 Å². The van der Waals surface area contributed by atoms with Gasteiger partial charge in [-0.15, -0.1) is 0 Å². The SMILES string of the molecule is Cn1cc(NC(=O)c2ccn(COc3ccc(C(C)(C)C)cc3)n2)c(C(=O)NCc2ccco2)n1. The van der Waals surface area contributed by atoms with Crippen LogP contribution >= 0.6 is 0 Å². The van der Waals surface area contributed by atoms with Crippen LogP contribution in [0.1, 0.15) is 53.1 Å². The molecule has 4 rings (SSSR count). The molecule has 0 atom stereocenters. The predicted octanol–water partition coefficient (Wildman–Crippen LogP) is 3.73. The van der Waals surface area contributed by atoms with E-state index < -0.39 is 11.8 Å². The molecule has 2 amide bonds. The molecule has 3 heterocycles. The quantitative estimate of drug-likeness (QED) is 0.400. The molecule has 0 saturated heterocycles. The summed E-state index contributed by atoms with van der Waals surface area (Å²) >= 11 is 0. The monoisotopic (exact) mass is 476 g/mol. The minimum Gasteiger partial charge on any atom is -0.471 e. The van der Waals surface area contributed by atoms with Crippen molar-refractivity contribution in [1.29, 1.82) is 0 Å². The first-order valence-corrected chi connectivity index (χ1v) is 11.1. The molecule has 2 N–H and O–H groups in total. The smallest absolute Gasteiger partial charge is 0.276 e. The highest BCUT2D eigenvalue weighted by Crippen LogP contribution is 2.24. The number of aromatic nitrogens is 4. The zero-order valence-corrected chi connectivity index (χ0v) is 20.1. The van der Waals surface area contributed by atoms with Gasteiger partial charge in [0.2, 0.25) is 0 Å². The second-order valence-corrected chi connectivity index (χ2v) is 9.07. The van der Waals surface area contributed by atoms with Crippen LogP contribution < -0.4 is 15.4 Å². The summed E-state index contributed by atoms with van der Waals surface area (Å²) in [7, 11) is 1.67. The Labute approximate surface area is 202 Å². The minimum atomic E-state index is -0.466. The van der Waals surface area contributed by atoms with Crippen LogP contribution in [0.4, 0.5) is 5.69 Å². The first-order valence-electron chi connectivity index (χ1n) is 11.1. The van der Waals surface area contributed by atoms with Gasteiger partial charge in [0.25, 0.3) is 11.8 Å². The number of anilines is 1. The van der Waals surface area contributed by atoms with Gasteiger partial charge in [-0.2, -0.15) is 10.2 Å². The summed E-state index contributed by atoms with van der Waals surface area (Å²) in [5.74, 6) is 0.415. The molecule has 3 aromatic heterocycles. The fourth-order valence-electron chi connectivity index (χ4n) is 3.34. The molecule has 1 aromatic carbocycles. The van der Waals surface area contributed by atoms with Crippen LogP contribution in [0.5, 0.6) is 5.75 Å². The van der Waals surface area contributed by atoms with Crippen LogP contribution in [-0.2, 0) is 25.7 Å². The van der Waals surface area contributed by atoms with E-state index in [0.29, 0.717) is 11.5 Å². The molecule has 0 bridgehead atoms. The average Bonchev–Trinajstić information content (AvgIpc) is 3.57. The summed E-state index contributed by atoms with van der Waals surface area (Å²) in [4.78, 5) is 25.3.